The van der Waals surface area contributed by atoms with E-state index in [1.807, 2.05) is 33.0 Å². The summed E-state index contributed by atoms with van der Waals surface area (Å²) in [5.74, 6) is 1.77. The minimum Gasteiger partial charge on any atom is -0.496 e. The van der Waals surface area contributed by atoms with Crippen molar-refractivity contribution in [1.29, 1.82) is 0 Å². The summed E-state index contributed by atoms with van der Waals surface area (Å²) >= 11 is 12.7. The number of halogens is 2. The van der Waals surface area contributed by atoms with E-state index in [0.29, 0.717) is 23.0 Å². The Morgan fingerprint density at radius 3 is 2.67 bits per heavy atom. The number of hydrogen-bond acceptors (Lipinski definition) is 5. The van der Waals surface area contributed by atoms with E-state index in [2.05, 4.69) is 9.67 Å². The molecule has 1 aromatic carbocycles. The number of carbonyl (C=O) groups excluding carboxylic acids is 1. The summed E-state index contributed by atoms with van der Waals surface area (Å²) in [6.07, 6.45) is 5.37. The van der Waals surface area contributed by atoms with E-state index in [1.165, 1.54) is 4.68 Å². The molecular formula is C21H22Cl2N4O3. The van der Waals surface area contributed by atoms with Crippen molar-refractivity contribution in [2.24, 2.45) is 0 Å². The molecule has 2 aromatic heterocycles. The predicted molar refractivity (Wildman–Crippen MR) is 115 cm³/mol. The number of nitrogens with zero attached hydrogens (tertiary/aromatic N) is 4. The Labute approximate surface area is 184 Å². The Bertz CT molecular complexity index is 1090. The molecule has 3 aromatic rings. The van der Waals surface area contributed by atoms with Crippen LogP contribution >= 0.6 is 23.2 Å². The van der Waals surface area contributed by atoms with Crippen LogP contribution in [0.5, 0.6) is 5.75 Å². The first-order valence-electron chi connectivity index (χ1n) is 9.52. The molecule has 1 atom stereocenters. The van der Waals surface area contributed by atoms with Crippen molar-refractivity contribution in [1.82, 2.24) is 19.3 Å². The number of hydrogen-bond donors (Lipinski definition) is 0. The van der Waals surface area contributed by atoms with Crippen LogP contribution in [-0.2, 0) is 17.7 Å². The van der Waals surface area contributed by atoms with Crippen LogP contribution in [0.3, 0.4) is 0 Å². The maximum atomic E-state index is 12.2. The Morgan fingerprint density at radius 1 is 1.23 bits per heavy atom. The fraction of sp³-hybridized carbons (Fsp3) is 0.381. The van der Waals surface area contributed by atoms with E-state index in [0.717, 1.165) is 28.4 Å². The molecule has 1 aliphatic rings. The first kappa shape index (κ1) is 20.8. The molecule has 0 spiro atoms. The lowest BCUT2D eigenvalue weighted by atomic mass is 9.96. The Morgan fingerprint density at radius 2 is 2.00 bits per heavy atom. The fourth-order valence-corrected chi connectivity index (χ4v) is 4.08. The lowest BCUT2D eigenvalue weighted by Gasteiger charge is -2.18. The van der Waals surface area contributed by atoms with Gasteiger partial charge in [0.2, 0.25) is 0 Å². The van der Waals surface area contributed by atoms with Gasteiger partial charge < -0.3 is 14.0 Å². The average Bonchev–Trinajstić information content (AvgIpc) is 3.36. The predicted octanol–water partition coefficient (Wildman–Crippen LogP) is 5.19. The number of ether oxygens (including phenoxy) is 2. The number of rotatable bonds is 3. The number of methoxy groups -OCH3 is 1. The second-order valence-corrected chi connectivity index (χ2v) is 9.01. The van der Waals surface area contributed by atoms with E-state index < -0.39 is 11.7 Å². The van der Waals surface area contributed by atoms with Gasteiger partial charge in [0.05, 0.1) is 29.0 Å². The smallest absolute Gasteiger partial charge is 0.435 e. The van der Waals surface area contributed by atoms with Gasteiger partial charge in [0.15, 0.2) is 0 Å². The Hall–Kier alpha value is -2.51. The number of imidazole rings is 1. The SMILES string of the molecule is COc1ccc(Cl)c(Cl)c1C1Cc2nc(-c3cnn(C(=O)OC(C)(C)C)c3)cn2C1. The van der Waals surface area contributed by atoms with Gasteiger partial charge in [-0.15, -0.1) is 0 Å². The van der Waals surface area contributed by atoms with Gasteiger partial charge in [-0.2, -0.15) is 9.78 Å². The van der Waals surface area contributed by atoms with Crippen molar-refractivity contribution in [2.45, 2.75) is 45.3 Å². The van der Waals surface area contributed by atoms with E-state index in [4.69, 9.17) is 37.7 Å². The lowest BCUT2D eigenvalue weighted by Crippen LogP contribution is -2.27. The van der Waals surface area contributed by atoms with Gasteiger partial charge in [-0.25, -0.2) is 9.78 Å². The average molecular weight is 449 g/mol. The van der Waals surface area contributed by atoms with Crippen molar-refractivity contribution in [2.75, 3.05) is 7.11 Å². The van der Waals surface area contributed by atoms with Crippen LogP contribution < -0.4 is 4.74 Å². The molecule has 0 amide bonds. The molecule has 0 saturated heterocycles. The molecule has 0 saturated carbocycles. The molecule has 9 heteroatoms. The maximum Gasteiger partial charge on any atom is 0.435 e. The maximum absolute atomic E-state index is 12.2. The quantitative estimate of drug-likeness (QED) is 0.551. The molecule has 7 nitrogen and oxygen atoms in total. The fourth-order valence-electron chi connectivity index (χ4n) is 3.60. The minimum atomic E-state index is -0.587. The third kappa shape index (κ3) is 3.91. The van der Waals surface area contributed by atoms with Crippen molar-refractivity contribution in [3.05, 3.63) is 52.2 Å². The van der Waals surface area contributed by atoms with E-state index in [-0.39, 0.29) is 5.92 Å². The van der Waals surface area contributed by atoms with Crippen LogP contribution in [0.4, 0.5) is 4.79 Å². The molecule has 158 valence electrons. The van der Waals surface area contributed by atoms with Crippen LogP contribution in [-0.4, -0.2) is 38.1 Å². The standard InChI is InChI=1S/C21H22Cl2N4O3/c1-21(2,3)30-20(28)27-10-13(8-24-27)15-11-26-9-12(7-17(26)25-15)18-16(29-4)6-5-14(22)19(18)23/h5-6,8,10-12H,7,9H2,1-4H3. The number of carbonyl (C=O) groups is 1. The highest BCUT2D eigenvalue weighted by atomic mass is 35.5. The van der Waals surface area contributed by atoms with E-state index in [9.17, 15) is 4.79 Å². The van der Waals surface area contributed by atoms with Gasteiger partial charge >= 0.3 is 6.09 Å². The topological polar surface area (TPSA) is 71.2 Å². The minimum absolute atomic E-state index is 0.118. The van der Waals surface area contributed by atoms with Crippen LogP contribution in [0.2, 0.25) is 10.0 Å². The van der Waals surface area contributed by atoms with Crippen LogP contribution in [0.25, 0.3) is 11.3 Å². The summed E-state index contributed by atoms with van der Waals surface area (Å²) in [5.41, 5.74) is 1.81. The first-order valence-corrected chi connectivity index (χ1v) is 10.3. The van der Waals surface area contributed by atoms with Crippen molar-refractivity contribution >= 4 is 29.3 Å². The monoisotopic (exact) mass is 448 g/mol. The molecule has 30 heavy (non-hydrogen) atoms. The van der Waals surface area contributed by atoms with Crippen molar-refractivity contribution < 1.29 is 14.3 Å². The summed E-state index contributed by atoms with van der Waals surface area (Å²) in [5, 5.41) is 5.14. The second-order valence-electron chi connectivity index (χ2n) is 8.23. The van der Waals surface area contributed by atoms with Crippen LogP contribution in [0.15, 0.2) is 30.7 Å². The zero-order chi connectivity index (χ0) is 21.6. The molecule has 0 radical (unpaired) electrons. The Balaban J connectivity index is 1.54. The normalized spacial score (nSPS) is 15.9. The molecule has 0 aliphatic carbocycles. The molecule has 1 aliphatic heterocycles. The summed E-state index contributed by atoms with van der Waals surface area (Å²) < 4.78 is 14.1. The zero-order valence-electron chi connectivity index (χ0n) is 17.1. The third-order valence-corrected chi connectivity index (χ3v) is 5.70. The largest absolute Gasteiger partial charge is 0.496 e. The molecule has 0 bridgehead atoms. The van der Waals surface area contributed by atoms with Crippen molar-refractivity contribution in [3.8, 4) is 17.0 Å². The van der Waals surface area contributed by atoms with Gasteiger partial charge in [0.1, 0.15) is 17.2 Å². The highest BCUT2D eigenvalue weighted by Gasteiger charge is 2.30. The third-order valence-electron chi connectivity index (χ3n) is 4.88. The van der Waals surface area contributed by atoms with Gasteiger partial charge in [0, 0.05) is 42.4 Å². The highest BCUT2D eigenvalue weighted by Crippen LogP contribution is 2.42. The lowest BCUT2D eigenvalue weighted by molar-refractivity contribution is 0.0514. The molecular weight excluding hydrogens is 427 g/mol. The van der Waals surface area contributed by atoms with Gasteiger partial charge in [0.25, 0.3) is 0 Å². The summed E-state index contributed by atoms with van der Waals surface area (Å²) in [7, 11) is 1.62. The number of fused-ring (bicyclic) bond motifs is 1. The zero-order valence-corrected chi connectivity index (χ0v) is 18.7. The van der Waals surface area contributed by atoms with E-state index >= 15 is 0 Å². The molecule has 1 unspecified atom stereocenters. The van der Waals surface area contributed by atoms with Crippen LogP contribution in [0, 0.1) is 0 Å². The summed E-state index contributed by atoms with van der Waals surface area (Å²) in [4.78, 5) is 16.9. The number of aromatic nitrogens is 4. The molecule has 4 rings (SSSR count). The van der Waals surface area contributed by atoms with Gasteiger partial charge in [-0.1, -0.05) is 23.2 Å². The molecule has 0 N–H and O–H groups in total. The highest BCUT2D eigenvalue weighted by molar-refractivity contribution is 6.42. The number of benzene rings is 1. The van der Waals surface area contributed by atoms with Crippen molar-refractivity contribution in [3.63, 3.8) is 0 Å². The van der Waals surface area contributed by atoms with Gasteiger partial charge in [-0.3, -0.25) is 0 Å². The van der Waals surface area contributed by atoms with Crippen LogP contribution in [0.1, 0.15) is 38.1 Å². The molecule has 0 fully saturated rings. The molecule has 3 heterocycles. The van der Waals surface area contributed by atoms with Gasteiger partial charge in [-0.05, 0) is 32.9 Å². The summed E-state index contributed by atoms with van der Waals surface area (Å²) in [6.45, 7) is 6.14. The first-order chi connectivity index (χ1) is 14.2. The Kier molecular flexibility index (Phi) is 5.28. The second kappa shape index (κ2) is 7.63. The summed E-state index contributed by atoms with van der Waals surface area (Å²) in [6, 6.07) is 3.57. The van der Waals surface area contributed by atoms with E-state index in [1.54, 1.807) is 25.6 Å².